The number of hydrogen-bond donors (Lipinski definition) is 0. The van der Waals surface area contributed by atoms with Crippen molar-refractivity contribution >= 4 is 5.78 Å². The summed E-state index contributed by atoms with van der Waals surface area (Å²) in [6, 6.07) is 11.7. The molecule has 1 unspecified atom stereocenters. The summed E-state index contributed by atoms with van der Waals surface area (Å²) < 4.78 is 53.7. The minimum absolute atomic E-state index is 0.00716. The number of hydrogen-bond acceptors (Lipinski definition) is 2. The van der Waals surface area contributed by atoms with Gasteiger partial charge in [0.1, 0.15) is 0 Å². The Hall–Kier alpha value is -2.37. The molecule has 122 valence electrons. The number of benzene rings is 2. The third-order valence-electron chi connectivity index (χ3n) is 3.37. The van der Waals surface area contributed by atoms with Gasteiger partial charge in [-0.05, 0) is 30.2 Å². The molecule has 0 heterocycles. The third-order valence-corrected chi connectivity index (χ3v) is 3.37. The first-order chi connectivity index (χ1) is 10.8. The number of rotatable bonds is 5. The van der Waals surface area contributed by atoms with Crippen molar-refractivity contribution in [2.45, 2.75) is 25.6 Å². The summed E-state index contributed by atoms with van der Waals surface area (Å²) >= 11 is 0. The summed E-state index contributed by atoms with van der Waals surface area (Å²) in [6.45, 7) is 1.81. The average Bonchev–Trinajstić information content (AvgIpc) is 2.50. The van der Waals surface area contributed by atoms with Gasteiger partial charge >= 0.3 is 6.36 Å². The van der Waals surface area contributed by atoms with Crippen LogP contribution < -0.4 is 4.74 Å². The SMILES string of the molecule is CCC(C(=O)c1ccc(OC(F)(F)F)c(F)c1)c1ccccc1. The minimum Gasteiger partial charge on any atom is -0.403 e. The van der Waals surface area contributed by atoms with Gasteiger partial charge in [0.25, 0.3) is 0 Å². The highest BCUT2D eigenvalue weighted by Gasteiger charge is 2.32. The normalized spacial score (nSPS) is 12.7. The Bertz CT molecular complexity index is 681. The summed E-state index contributed by atoms with van der Waals surface area (Å²) in [5.74, 6) is -3.01. The molecule has 1 atom stereocenters. The lowest BCUT2D eigenvalue weighted by Gasteiger charge is -2.15. The Morgan fingerprint density at radius 1 is 1.13 bits per heavy atom. The van der Waals surface area contributed by atoms with Crippen LogP contribution in [0.4, 0.5) is 17.6 Å². The van der Waals surface area contributed by atoms with Crippen molar-refractivity contribution in [1.29, 1.82) is 0 Å². The number of halogens is 4. The van der Waals surface area contributed by atoms with Crippen LogP contribution in [0.5, 0.6) is 5.75 Å². The van der Waals surface area contributed by atoms with Gasteiger partial charge in [0.05, 0.1) is 0 Å². The second kappa shape index (κ2) is 6.81. The molecule has 0 saturated carbocycles. The molecule has 0 bridgehead atoms. The van der Waals surface area contributed by atoms with Gasteiger partial charge in [-0.2, -0.15) is 0 Å². The zero-order valence-corrected chi connectivity index (χ0v) is 12.2. The first-order valence-corrected chi connectivity index (χ1v) is 6.96. The van der Waals surface area contributed by atoms with E-state index in [2.05, 4.69) is 4.74 Å². The second-order valence-electron chi connectivity index (χ2n) is 4.93. The zero-order chi connectivity index (χ0) is 17.0. The zero-order valence-electron chi connectivity index (χ0n) is 12.2. The molecular formula is C17H14F4O2. The highest BCUT2D eigenvalue weighted by molar-refractivity contribution is 6.01. The molecule has 2 nitrogen and oxygen atoms in total. The predicted molar refractivity (Wildman–Crippen MR) is 76.9 cm³/mol. The van der Waals surface area contributed by atoms with Crippen LogP contribution in [0.1, 0.15) is 35.2 Å². The standard InChI is InChI=1S/C17H14F4O2/c1-2-13(11-6-4-3-5-7-11)16(22)12-8-9-15(14(18)10-12)23-17(19,20)21/h3-10,13H,2H2,1H3. The van der Waals surface area contributed by atoms with E-state index in [0.29, 0.717) is 6.42 Å². The van der Waals surface area contributed by atoms with Crippen LogP contribution >= 0.6 is 0 Å². The Morgan fingerprint density at radius 3 is 2.30 bits per heavy atom. The van der Waals surface area contributed by atoms with Gasteiger partial charge in [-0.15, -0.1) is 13.2 Å². The van der Waals surface area contributed by atoms with Crippen LogP contribution in [0, 0.1) is 5.82 Å². The van der Waals surface area contributed by atoms with Crippen molar-refractivity contribution in [3.05, 3.63) is 65.5 Å². The molecule has 0 aromatic heterocycles. The minimum atomic E-state index is -4.98. The summed E-state index contributed by atoms with van der Waals surface area (Å²) in [5, 5.41) is 0. The molecule has 0 N–H and O–H groups in total. The smallest absolute Gasteiger partial charge is 0.403 e. The number of ether oxygens (including phenoxy) is 1. The van der Waals surface area contributed by atoms with E-state index >= 15 is 0 Å². The van der Waals surface area contributed by atoms with E-state index in [-0.39, 0.29) is 11.3 Å². The van der Waals surface area contributed by atoms with Crippen LogP contribution in [-0.2, 0) is 0 Å². The molecule has 0 aliphatic rings. The lowest BCUT2D eigenvalue weighted by molar-refractivity contribution is -0.275. The Kier molecular flexibility index (Phi) is 5.03. The van der Waals surface area contributed by atoms with E-state index in [1.807, 2.05) is 13.0 Å². The monoisotopic (exact) mass is 326 g/mol. The van der Waals surface area contributed by atoms with Gasteiger partial charge in [0.2, 0.25) is 0 Å². The first kappa shape index (κ1) is 17.0. The van der Waals surface area contributed by atoms with Crippen molar-refractivity contribution in [3.63, 3.8) is 0 Å². The molecule has 0 amide bonds. The number of alkyl halides is 3. The number of carbonyl (C=O) groups is 1. The molecule has 0 spiro atoms. The topological polar surface area (TPSA) is 26.3 Å². The lowest BCUT2D eigenvalue weighted by atomic mass is 9.88. The van der Waals surface area contributed by atoms with Crippen molar-refractivity contribution in [1.82, 2.24) is 0 Å². The molecule has 0 aliphatic heterocycles. The summed E-state index contributed by atoms with van der Waals surface area (Å²) in [5.41, 5.74) is 0.781. The quantitative estimate of drug-likeness (QED) is 0.564. The maximum atomic E-state index is 13.7. The third kappa shape index (κ3) is 4.31. The molecule has 0 radical (unpaired) electrons. The predicted octanol–water partition coefficient (Wildman–Crippen LogP) is 5.10. The molecular weight excluding hydrogens is 312 g/mol. The Labute approximate surface area is 130 Å². The number of ketones is 1. The Morgan fingerprint density at radius 2 is 1.78 bits per heavy atom. The highest BCUT2D eigenvalue weighted by atomic mass is 19.4. The van der Waals surface area contributed by atoms with Gasteiger partial charge in [-0.3, -0.25) is 4.79 Å². The van der Waals surface area contributed by atoms with Gasteiger partial charge in [-0.25, -0.2) is 4.39 Å². The lowest BCUT2D eigenvalue weighted by Crippen LogP contribution is -2.18. The van der Waals surface area contributed by atoms with E-state index < -0.39 is 23.8 Å². The van der Waals surface area contributed by atoms with Gasteiger partial charge in [0, 0.05) is 11.5 Å². The van der Waals surface area contributed by atoms with Crippen molar-refractivity contribution in [2.24, 2.45) is 0 Å². The van der Waals surface area contributed by atoms with E-state index in [0.717, 1.165) is 23.8 Å². The van der Waals surface area contributed by atoms with Crippen LogP contribution in [0.25, 0.3) is 0 Å². The van der Waals surface area contributed by atoms with E-state index in [1.54, 1.807) is 24.3 Å². The maximum Gasteiger partial charge on any atom is 0.573 e. The van der Waals surface area contributed by atoms with Gasteiger partial charge in [0.15, 0.2) is 17.3 Å². The van der Waals surface area contributed by atoms with Crippen molar-refractivity contribution < 1.29 is 27.1 Å². The van der Waals surface area contributed by atoms with Crippen LogP contribution in [0.3, 0.4) is 0 Å². The second-order valence-corrected chi connectivity index (χ2v) is 4.93. The van der Waals surface area contributed by atoms with Crippen LogP contribution in [-0.4, -0.2) is 12.1 Å². The van der Waals surface area contributed by atoms with Gasteiger partial charge in [-0.1, -0.05) is 37.3 Å². The molecule has 2 rings (SSSR count). The molecule has 2 aromatic carbocycles. The highest BCUT2D eigenvalue weighted by Crippen LogP contribution is 2.29. The van der Waals surface area contributed by atoms with E-state index in [9.17, 15) is 22.4 Å². The molecule has 2 aromatic rings. The fourth-order valence-electron chi connectivity index (χ4n) is 2.32. The first-order valence-electron chi connectivity index (χ1n) is 6.96. The summed E-state index contributed by atoms with van der Waals surface area (Å²) in [4.78, 5) is 12.5. The summed E-state index contributed by atoms with van der Waals surface area (Å²) in [7, 11) is 0. The maximum absolute atomic E-state index is 13.7. The van der Waals surface area contributed by atoms with Gasteiger partial charge < -0.3 is 4.74 Å². The van der Waals surface area contributed by atoms with Crippen LogP contribution in [0.2, 0.25) is 0 Å². The Balaban J connectivity index is 2.27. The largest absolute Gasteiger partial charge is 0.573 e. The number of Topliss-reactive ketones (excluding diaryl/α,β-unsaturated/α-hetero) is 1. The van der Waals surface area contributed by atoms with E-state index in [4.69, 9.17) is 0 Å². The molecule has 0 fully saturated rings. The van der Waals surface area contributed by atoms with E-state index in [1.165, 1.54) is 0 Å². The molecule has 0 aliphatic carbocycles. The average molecular weight is 326 g/mol. The molecule has 0 saturated heterocycles. The fourth-order valence-corrected chi connectivity index (χ4v) is 2.32. The summed E-state index contributed by atoms with van der Waals surface area (Å²) in [6.07, 6.45) is -4.49. The number of carbonyl (C=O) groups excluding carboxylic acids is 1. The fraction of sp³-hybridized carbons (Fsp3) is 0.235. The molecule has 23 heavy (non-hydrogen) atoms. The van der Waals surface area contributed by atoms with Crippen LogP contribution in [0.15, 0.2) is 48.5 Å². The molecule has 6 heteroatoms. The van der Waals surface area contributed by atoms with Crippen molar-refractivity contribution in [2.75, 3.05) is 0 Å². The van der Waals surface area contributed by atoms with Crippen molar-refractivity contribution in [3.8, 4) is 5.75 Å².